The number of ether oxygens (including phenoxy) is 1. The van der Waals surface area contributed by atoms with Crippen molar-refractivity contribution in [2.75, 3.05) is 13.2 Å². The van der Waals surface area contributed by atoms with Gasteiger partial charge in [0.15, 0.2) is 11.6 Å². The van der Waals surface area contributed by atoms with Gasteiger partial charge in [-0.15, -0.1) is 11.3 Å². The zero-order chi connectivity index (χ0) is 18.2. The number of aryl methyl sites for hydroxylation is 1. The highest BCUT2D eigenvalue weighted by atomic mass is 32.1. The molecule has 1 aromatic heterocycles. The first kappa shape index (κ1) is 18.3. The number of hydrogen-bond donors (Lipinski definition) is 1. The standard InChI is InChI=1S/C20H21FN2O2S/c21-15-7-1-3-9-17(15)25-14-6-13-22-19(24)11-5-12-20-23-16-8-2-4-10-18(16)26-20/h1-4,7-10H,5-6,11-14H2,(H,22,24). The van der Waals surface area contributed by atoms with E-state index >= 15 is 0 Å². The lowest BCUT2D eigenvalue weighted by molar-refractivity contribution is -0.121. The van der Waals surface area contributed by atoms with Crippen molar-refractivity contribution in [3.05, 3.63) is 59.4 Å². The maximum absolute atomic E-state index is 13.4. The van der Waals surface area contributed by atoms with Crippen LogP contribution in [0.25, 0.3) is 10.2 Å². The minimum absolute atomic E-state index is 0.0250. The van der Waals surface area contributed by atoms with E-state index in [9.17, 15) is 9.18 Å². The summed E-state index contributed by atoms with van der Waals surface area (Å²) in [6, 6.07) is 14.4. The van der Waals surface area contributed by atoms with Crippen molar-refractivity contribution in [1.82, 2.24) is 10.3 Å². The van der Waals surface area contributed by atoms with Crippen LogP contribution in [0.5, 0.6) is 5.75 Å². The largest absolute Gasteiger partial charge is 0.490 e. The molecule has 0 aliphatic heterocycles. The Labute approximate surface area is 156 Å². The number of fused-ring (bicyclic) bond motifs is 1. The molecule has 0 saturated heterocycles. The van der Waals surface area contributed by atoms with Crippen molar-refractivity contribution in [3.63, 3.8) is 0 Å². The van der Waals surface area contributed by atoms with Gasteiger partial charge in [-0.2, -0.15) is 0 Å². The number of para-hydroxylation sites is 2. The molecule has 0 radical (unpaired) electrons. The van der Waals surface area contributed by atoms with Crippen molar-refractivity contribution in [1.29, 1.82) is 0 Å². The molecule has 136 valence electrons. The Morgan fingerprint density at radius 3 is 2.77 bits per heavy atom. The number of thiazole rings is 1. The van der Waals surface area contributed by atoms with E-state index in [0.717, 1.165) is 23.4 Å². The van der Waals surface area contributed by atoms with Crippen LogP contribution < -0.4 is 10.1 Å². The van der Waals surface area contributed by atoms with Gasteiger partial charge < -0.3 is 10.1 Å². The Morgan fingerprint density at radius 1 is 1.12 bits per heavy atom. The Kier molecular flexibility index (Phi) is 6.55. The number of carbonyl (C=O) groups is 1. The molecule has 0 atom stereocenters. The van der Waals surface area contributed by atoms with Gasteiger partial charge in [0.05, 0.1) is 21.8 Å². The highest BCUT2D eigenvalue weighted by molar-refractivity contribution is 7.18. The maximum atomic E-state index is 13.4. The highest BCUT2D eigenvalue weighted by Crippen LogP contribution is 2.22. The van der Waals surface area contributed by atoms with Crippen LogP contribution in [0, 0.1) is 5.82 Å². The number of rotatable bonds is 9. The lowest BCUT2D eigenvalue weighted by Crippen LogP contribution is -2.25. The Bertz CT molecular complexity index is 833. The summed E-state index contributed by atoms with van der Waals surface area (Å²) in [6.07, 6.45) is 2.70. The van der Waals surface area contributed by atoms with E-state index in [2.05, 4.69) is 16.4 Å². The van der Waals surface area contributed by atoms with E-state index < -0.39 is 0 Å². The van der Waals surface area contributed by atoms with Crippen LogP contribution in [0.2, 0.25) is 0 Å². The van der Waals surface area contributed by atoms with Gasteiger partial charge in [0.2, 0.25) is 5.91 Å². The Morgan fingerprint density at radius 2 is 1.92 bits per heavy atom. The molecule has 3 aromatic rings. The minimum Gasteiger partial charge on any atom is -0.490 e. The molecule has 6 heteroatoms. The first-order valence-electron chi connectivity index (χ1n) is 8.71. The van der Waals surface area contributed by atoms with Crippen molar-refractivity contribution >= 4 is 27.5 Å². The molecule has 0 spiro atoms. The lowest BCUT2D eigenvalue weighted by Gasteiger charge is -2.08. The molecule has 0 aliphatic carbocycles. The van der Waals surface area contributed by atoms with Gasteiger partial charge in [-0.05, 0) is 43.5 Å². The van der Waals surface area contributed by atoms with Gasteiger partial charge in [-0.25, -0.2) is 9.37 Å². The van der Waals surface area contributed by atoms with E-state index in [0.29, 0.717) is 26.0 Å². The number of benzene rings is 2. The second-order valence-corrected chi connectivity index (χ2v) is 7.03. The number of nitrogens with one attached hydrogen (secondary N) is 1. The summed E-state index contributed by atoms with van der Waals surface area (Å²) >= 11 is 1.68. The fourth-order valence-electron chi connectivity index (χ4n) is 2.56. The van der Waals surface area contributed by atoms with Crippen LogP contribution in [0.15, 0.2) is 48.5 Å². The van der Waals surface area contributed by atoms with E-state index in [1.54, 1.807) is 29.5 Å². The van der Waals surface area contributed by atoms with Crippen molar-refractivity contribution in [3.8, 4) is 5.75 Å². The van der Waals surface area contributed by atoms with Crippen molar-refractivity contribution in [2.24, 2.45) is 0 Å². The number of amides is 1. The van der Waals surface area contributed by atoms with Crippen molar-refractivity contribution < 1.29 is 13.9 Å². The number of aromatic nitrogens is 1. The second kappa shape index (κ2) is 9.29. The SMILES string of the molecule is O=C(CCCc1nc2ccccc2s1)NCCCOc1ccccc1F. The quantitative estimate of drug-likeness (QED) is 0.568. The fourth-order valence-corrected chi connectivity index (χ4v) is 3.57. The molecule has 0 unspecified atom stereocenters. The molecule has 4 nitrogen and oxygen atoms in total. The van der Waals surface area contributed by atoms with E-state index in [-0.39, 0.29) is 17.5 Å². The van der Waals surface area contributed by atoms with Gasteiger partial charge in [-0.1, -0.05) is 24.3 Å². The van der Waals surface area contributed by atoms with Crippen LogP contribution in [-0.2, 0) is 11.2 Å². The third-order valence-corrected chi connectivity index (χ3v) is 4.97. The zero-order valence-electron chi connectivity index (χ0n) is 14.4. The predicted molar refractivity (Wildman–Crippen MR) is 102 cm³/mol. The van der Waals surface area contributed by atoms with Gasteiger partial charge in [0, 0.05) is 13.0 Å². The number of hydrogen-bond acceptors (Lipinski definition) is 4. The van der Waals surface area contributed by atoms with Gasteiger partial charge in [0.1, 0.15) is 0 Å². The highest BCUT2D eigenvalue weighted by Gasteiger charge is 2.06. The average molecular weight is 372 g/mol. The molecule has 0 aliphatic rings. The maximum Gasteiger partial charge on any atom is 0.220 e. The lowest BCUT2D eigenvalue weighted by atomic mass is 10.2. The fraction of sp³-hybridized carbons (Fsp3) is 0.300. The Hall–Kier alpha value is -2.47. The summed E-state index contributed by atoms with van der Waals surface area (Å²) in [7, 11) is 0. The normalized spacial score (nSPS) is 10.8. The smallest absolute Gasteiger partial charge is 0.220 e. The molecular formula is C20H21FN2O2S. The van der Waals surface area contributed by atoms with Crippen LogP contribution in [0.1, 0.15) is 24.3 Å². The summed E-state index contributed by atoms with van der Waals surface area (Å²) in [5.74, 6) is -0.0990. The summed E-state index contributed by atoms with van der Waals surface area (Å²) < 4.78 is 19.9. The summed E-state index contributed by atoms with van der Waals surface area (Å²) in [4.78, 5) is 16.4. The van der Waals surface area contributed by atoms with Crippen LogP contribution in [-0.4, -0.2) is 24.0 Å². The van der Waals surface area contributed by atoms with Gasteiger partial charge in [-0.3, -0.25) is 4.79 Å². The van der Waals surface area contributed by atoms with E-state index in [1.165, 1.54) is 10.8 Å². The second-order valence-electron chi connectivity index (χ2n) is 5.91. The molecule has 3 rings (SSSR count). The summed E-state index contributed by atoms with van der Waals surface area (Å²) in [6.45, 7) is 0.890. The van der Waals surface area contributed by atoms with Crippen LogP contribution in [0.3, 0.4) is 0 Å². The minimum atomic E-state index is -0.369. The monoisotopic (exact) mass is 372 g/mol. The van der Waals surface area contributed by atoms with Crippen LogP contribution in [0.4, 0.5) is 4.39 Å². The Balaban J connectivity index is 1.29. The van der Waals surface area contributed by atoms with Crippen molar-refractivity contribution in [2.45, 2.75) is 25.7 Å². The van der Waals surface area contributed by atoms with Gasteiger partial charge >= 0.3 is 0 Å². The topological polar surface area (TPSA) is 51.2 Å². The zero-order valence-corrected chi connectivity index (χ0v) is 15.2. The molecule has 0 saturated carbocycles. The molecule has 0 bridgehead atoms. The predicted octanol–water partition coefficient (Wildman–Crippen LogP) is 4.34. The first-order chi connectivity index (χ1) is 12.7. The molecule has 0 fully saturated rings. The molecule has 2 aromatic carbocycles. The molecule has 26 heavy (non-hydrogen) atoms. The van der Waals surface area contributed by atoms with Crippen LogP contribution >= 0.6 is 11.3 Å². The number of halogens is 1. The molecule has 1 heterocycles. The first-order valence-corrected chi connectivity index (χ1v) is 9.52. The number of nitrogens with zero attached hydrogens (tertiary/aromatic N) is 1. The summed E-state index contributed by atoms with van der Waals surface area (Å²) in [5.41, 5.74) is 1.02. The number of carbonyl (C=O) groups excluding carboxylic acids is 1. The molecule has 1 amide bonds. The summed E-state index contributed by atoms with van der Waals surface area (Å²) in [5, 5.41) is 3.93. The average Bonchev–Trinajstić information content (AvgIpc) is 3.05. The third kappa shape index (κ3) is 5.26. The third-order valence-electron chi connectivity index (χ3n) is 3.87. The molecule has 1 N–H and O–H groups in total. The van der Waals surface area contributed by atoms with Gasteiger partial charge in [0.25, 0.3) is 0 Å². The molecular weight excluding hydrogens is 351 g/mol. The van der Waals surface area contributed by atoms with E-state index in [4.69, 9.17) is 4.74 Å². The van der Waals surface area contributed by atoms with E-state index in [1.807, 2.05) is 18.2 Å².